The van der Waals surface area contributed by atoms with Crippen LogP contribution in [0, 0.1) is 0 Å². The number of nitrogens with one attached hydrogen (secondary N) is 1. The molecular formula is C27H32N2O6. The third-order valence-corrected chi connectivity index (χ3v) is 7.39. The molecule has 0 aromatic heterocycles. The van der Waals surface area contributed by atoms with Gasteiger partial charge in [0.2, 0.25) is 5.91 Å². The highest BCUT2D eigenvalue weighted by molar-refractivity contribution is 5.87. The molecule has 0 bridgehead atoms. The minimum absolute atomic E-state index is 0.0340. The molecule has 8 nitrogen and oxygen atoms in total. The first kappa shape index (κ1) is 24.7. The number of aliphatic carboxylic acids is 1. The number of ether oxygens (including phenoxy) is 2. The van der Waals surface area contributed by atoms with Crippen molar-refractivity contribution in [1.82, 2.24) is 10.2 Å². The first-order valence-electron chi connectivity index (χ1n) is 11.9. The Balaban J connectivity index is 1.45. The molecule has 0 radical (unpaired) electrons. The van der Waals surface area contributed by atoms with Gasteiger partial charge in [0.15, 0.2) is 0 Å². The van der Waals surface area contributed by atoms with E-state index in [9.17, 15) is 19.5 Å². The average molecular weight is 481 g/mol. The largest absolute Gasteiger partial charge is 0.480 e. The lowest BCUT2D eigenvalue weighted by molar-refractivity contribution is -0.156. The fraction of sp³-hybridized carbons (Fsp3) is 0.444. The van der Waals surface area contributed by atoms with Crippen molar-refractivity contribution < 1.29 is 29.0 Å². The molecule has 2 amide bonds. The number of nitrogens with zero attached hydrogens (tertiary/aromatic N) is 1. The van der Waals surface area contributed by atoms with E-state index in [0.717, 1.165) is 22.3 Å². The monoisotopic (exact) mass is 480 g/mol. The Kier molecular flexibility index (Phi) is 6.85. The molecule has 2 aliphatic rings. The molecule has 1 heterocycles. The first-order chi connectivity index (χ1) is 16.6. The highest BCUT2D eigenvalue weighted by Crippen LogP contribution is 2.44. The van der Waals surface area contributed by atoms with E-state index in [1.807, 2.05) is 24.3 Å². The number of carboxylic acid groups (broad SMARTS) is 1. The van der Waals surface area contributed by atoms with E-state index in [2.05, 4.69) is 29.6 Å². The van der Waals surface area contributed by atoms with E-state index < -0.39 is 23.1 Å². The van der Waals surface area contributed by atoms with Crippen molar-refractivity contribution in [2.24, 2.45) is 0 Å². The highest BCUT2D eigenvalue weighted by atomic mass is 16.5. The molecule has 35 heavy (non-hydrogen) atoms. The number of carbonyl (C=O) groups excluding carboxylic acids is 2. The van der Waals surface area contributed by atoms with Crippen LogP contribution in [0.15, 0.2) is 48.5 Å². The van der Waals surface area contributed by atoms with E-state index in [4.69, 9.17) is 9.47 Å². The predicted octanol–water partition coefficient (Wildman–Crippen LogP) is 3.79. The van der Waals surface area contributed by atoms with Crippen molar-refractivity contribution in [1.29, 1.82) is 0 Å². The summed E-state index contributed by atoms with van der Waals surface area (Å²) in [6, 6.07) is 16.2. The van der Waals surface area contributed by atoms with Crippen LogP contribution in [0.2, 0.25) is 0 Å². The summed E-state index contributed by atoms with van der Waals surface area (Å²) in [4.78, 5) is 38.8. The van der Waals surface area contributed by atoms with Crippen molar-refractivity contribution in [2.45, 2.75) is 50.1 Å². The molecule has 1 aliphatic carbocycles. The Labute approximate surface area is 205 Å². The number of carbonyl (C=O) groups is 3. The fourth-order valence-corrected chi connectivity index (χ4v) is 4.82. The van der Waals surface area contributed by atoms with Gasteiger partial charge in [-0.1, -0.05) is 48.5 Å². The molecule has 0 unspecified atom stereocenters. The molecule has 0 spiro atoms. The summed E-state index contributed by atoms with van der Waals surface area (Å²) in [5.41, 5.74) is 2.30. The third-order valence-electron chi connectivity index (χ3n) is 7.39. The van der Waals surface area contributed by atoms with E-state index in [1.165, 1.54) is 25.8 Å². The van der Waals surface area contributed by atoms with Gasteiger partial charge in [-0.3, -0.25) is 4.79 Å². The van der Waals surface area contributed by atoms with Crippen molar-refractivity contribution in [3.05, 3.63) is 59.7 Å². The molecule has 2 N–H and O–H groups in total. The quantitative estimate of drug-likeness (QED) is 0.625. The predicted molar refractivity (Wildman–Crippen MR) is 130 cm³/mol. The Hall–Kier alpha value is -3.39. The van der Waals surface area contributed by atoms with Gasteiger partial charge in [0.25, 0.3) is 0 Å². The topological polar surface area (TPSA) is 105 Å². The molecular weight excluding hydrogens is 448 g/mol. The number of benzene rings is 2. The summed E-state index contributed by atoms with van der Waals surface area (Å²) in [5, 5.41) is 12.4. The smallest absolute Gasteiger partial charge is 0.407 e. The summed E-state index contributed by atoms with van der Waals surface area (Å²) in [5.74, 6) is -1.53. The summed E-state index contributed by atoms with van der Waals surface area (Å²) in [7, 11) is 1.47. The fourth-order valence-electron chi connectivity index (χ4n) is 4.82. The zero-order valence-corrected chi connectivity index (χ0v) is 20.4. The molecule has 2 aromatic carbocycles. The van der Waals surface area contributed by atoms with Crippen LogP contribution in [-0.2, 0) is 19.1 Å². The minimum atomic E-state index is -1.37. The van der Waals surface area contributed by atoms with Crippen LogP contribution in [0.25, 0.3) is 11.1 Å². The Morgan fingerprint density at radius 1 is 1.06 bits per heavy atom. The van der Waals surface area contributed by atoms with Crippen LogP contribution in [0.1, 0.15) is 50.2 Å². The van der Waals surface area contributed by atoms with Gasteiger partial charge in [0.05, 0.1) is 12.0 Å². The number of alkyl carbamates (subject to hydrolysis) is 1. The molecule has 8 heteroatoms. The minimum Gasteiger partial charge on any atom is -0.480 e. The van der Waals surface area contributed by atoms with Crippen LogP contribution in [0.5, 0.6) is 0 Å². The standard InChI is InChI=1S/C27H32N2O6/c1-26(2,24(31)32)29(3)23(30)16-27(12-14-34-15-13-27)28-25(33)35-17-22-20-10-6-4-8-18(20)19-9-5-7-11-21(19)22/h4-11,22H,12-17H2,1-3H3,(H,28,33)(H,31,32). The van der Waals surface area contributed by atoms with E-state index >= 15 is 0 Å². The summed E-state index contributed by atoms with van der Waals surface area (Å²) in [6.45, 7) is 3.91. The van der Waals surface area contributed by atoms with Gasteiger partial charge in [-0.25, -0.2) is 9.59 Å². The summed E-state index contributed by atoms with van der Waals surface area (Å²) >= 11 is 0. The Bertz CT molecular complexity index is 1080. The van der Waals surface area contributed by atoms with Crippen LogP contribution in [-0.4, -0.2) is 65.9 Å². The average Bonchev–Trinajstić information content (AvgIpc) is 3.16. The molecule has 2 aromatic rings. The van der Waals surface area contributed by atoms with Crippen LogP contribution >= 0.6 is 0 Å². The number of hydrogen-bond acceptors (Lipinski definition) is 5. The Morgan fingerprint density at radius 2 is 1.60 bits per heavy atom. The summed E-state index contributed by atoms with van der Waals surface area (Å²) in [6.07, 6.45) is 0.240. The molecule has 1 aliphatic heterocycles. The molecule has 4 rings (SSSR count). The highest BCUT2D eigenvalue weighted by Gasteiger charge is 2.42. The molecule has 0 saturated carbocycles. The van der Waals surface area contributed by atoms with Crippen LogP contribution in [0.4, 0.5) is 4.79 Å². The molecule has 186 valence electrons. The lowest BCUT2D eigenvalue weighted by Crippen LogP contribution is -2.57. The number of hydrogen-bond donors (Lipinski definition) is 2. The van der Waals surface area contributed by atoms with Gasteiger partial charge < -0.3 is 24.8 Å². The SMILES string of the molecule is CN(C(=O)CC1(NC(=O)OCC2c3ccccc3-c3ccccc32)CCOCC1)C(C)(C)C(=O)O. The number of likely N-dealkylation sites (N-methyl/N-ethyl adjacent to an activating group) is 1. The number of amides is 2. The summed E-state index contributed by atoms with van der Waals surface area (Å²) < 4.78 is 11.2. The van der Waals surface area contributed by atoms with Gasteiger partial charge in [-0.15, -0.1) is 0 Å². The second-order valence-electron chi connectivity index (χ2n) is 9.84. The van der Waals surface area contributed by atoms with Crippen LogP contribution in [0.3, 0.4) is 0 Å². The van der Waals surface area contributed by atoms with Gasteiger partial charge in [0.1, 0.15) is 12.1 Å². The van der Waals surface area contributed by atoms with Crippen molar-refractivity contribution in [2.75, 3.05) is 26.9 Å². The zero-order chi connectivity index (χ0) is 25.2. The maximum absolute atomic E-state index is 13.0. The normalized spacial score (nSPS) is 16.7. The molecule has 0 atom stereocenters. The van der Waals surface area contributed by atoms with Crippen molar-refractivity contribution in [3.63, 3.8) is 0 Å². The van der Waals surface area contributed by atoms with Crippen molar-refractivity contribution >= 4 is 18.0 Å². The van der Waals surface area contributed by atoms with Crippen molar-refractivity contribution in [3.8, 4) is 11.1 Å². The lowest BCUT2D eigenvalue weighted by atomic mass is 9.85. The van der Waals surface area contributed by atoms with Gasteiger partial charge in [0, 0.05) is 26.2 Å². The second-order valence-corrected chi connectivity index (χ2v) is 9.84. The van der Waals surface area contributed by atoms with Gasteiger partial charge in [-0.2, -0.15) is 0 Å². The van der Waals surface area contributed by atoms with Crippen LogP contribution < -0.4 is 5.32 Å². The van der Waals surface area contributed by atoms with E-state index in [0.29, 0.717) is 26.1 Å². The second kappa shape index (κ2) is 9.70. The number of carboxylic acids is 1. The maximum atomic E-state index is 13.0. The molecule has 1 fully saturated rings. The zero-order valence-electron chi connectivity index (χ0n) is 20.4. The van der Waals surface area contributed by atoms with E-state index in [-0.39, 0.29) is 24.9 Å². The lowest BCUT2D eigenvalue weighted by Gasteiger charge is -2.40. The number of rotatable bonds is 7. The number of fused-ring (bicyclic) bond motifs is 3. The third kappa shape index (κ3) is 4.89. The first-order valence-corrected chi connectivity index (χ1v) is 11.9. The van der Waals surface area contributed by atoms with E-state index in [1.54, 1.807) is 0 Å². The molecule has 1 saturated heterocycles. The maximum Gasteiger partial charge on any atom is 0.407 e. The van der Waals surface area contributed by atoms with Gasteiger partial charge in [-0.05, 0) is 48.9 Å². The Morgan fingerprint density at radius 3 is 2.14 bits per heavy atom. The van der Waals surface area contributed by atoms with Gasteiger partial charge >= 0.3 is 12.1 Å².